The van der Waals surface area contributed by atoms with Crippen molar-refractivity contribution in [2.24, 2.45) is 5.92 Å². The van der Waals surface area contributed by atoms with Gasteiger partial charge in [-0.2, -0.15) is 0 Å². The number of nitrogens with zero attached hydrogens (tertiary/aromatic N) is 1. The van der Waals surface area contributed by atoms with Crippen LogP contribution in [-0.4, -0.2) is 43.8 Å². The normalized spacial score (nSPS) is 15.5. The van der Waals surface area contributed by atoms with Crippen LogP contribution >= 0.6 is 11.3 Å². The Bertz CT molecular complexity index is 1030. The highest BCUT2D eigenvalue weighted by molar-refractivity contribution is 7.89. The number of thiophene rings is 1. The number of aryl methyl sites for hydroxylation is 1. The molecule has 1 aromatic carbocycles. The molecule has 1 saturated carbocycles. The molecule has 1 aromatic heterocycles. The lowest BCUT2D eigenvalue weighted by molar-refractivity contribution is -0.142. The molecule has 1 aliphatic carbocycles. The molecule has 3 rings (SSSR count). The predicted octanol–water partition coefficient (Wildman–Crippen LogP) is 3.45. The fraction of sp³-hybridized carbons (Fsp3) is 0.500. The van der Waals surface area contributed by atoms with Crippen molar-refractivity contribution in [3.05, 3.63) is 52.2 Å². The molecule has 2 N–H and O–H groups in total. The molecule has 0 spiro atoms. The number of nitrogens with one attached hydrogen (secondary N) is 2. The van der Waals surface area contributed by atoms with Gasteiger partial charge in [0.05, 0.1) is 18.0 Å². The molecule has 0 saturated heterocycles. The third-order valence-electron chi connectivity index (χ3n) is 5.91. The summed E-state index contributed by atoms with van der Waals surface area (Å²) >= 11 is 1.50. The number of benzene rings is 1. The first-order valence-electron chi connectivity index (χ1n) is 11.4. The van der Waals surface area contributed by atoms with E-state index in [1.54, 1.807) is 12.1 Å². The van der Waals surface area contributed by atoms with E-state index in [4.69, 9.17) is 0 Å². The number of sulfonamides is 1. The standard InChI is InChI=1S/C24H33N3O4S2/c1-17(2)23(24(29)26-19-7-4-5-8-19)27(16-20-9-6-14-32-20)22(28)15-25-33(30,31)21-12-10-18(3)11-13-21/h6,9-14,17,19,23,25H,4-5,7-8,15-16H2,1-3H3,(H,26,29)/t23-/m0/s1. The predicted molar refractivity (Wildman–Crippen MR) is 130 cm³/mol. The largest absolute Gasteiger partial charge is 0.352 e. The minimum Gasteiger partial charge on any atom is -0.352 e. The minimum atomic E-state index is -3.85. The Balaban J connectivity index is 1.78. The number of hydrogen-bond donors (Lipinski definition) is 2. The highest BCUT2D eigenvalue weighted by Gasteiger charge is 2.34. The summed E-state index contributed by atoms with van der Waals surface area (Å²) in [5.41, 5.74) is 0.945. The first kappa shape index (κ1) is 25.4. The van der Waals surface area contributed by atoms with E-state index in [1.807, 2.05) is 38.3 Å². The van der Waals surface area contributed by atoms with Gasteiger partial charge in [-0.25, -0.2) is 13.1 Å². The molecule has 2 amide bonds. The molecule has 2 aromatic rings. The van der Waals surface area contributed by atoms with Crippen LogP contribution in [0.4, 0.5) is 0 Å². The summed E-state index contributed by atoms with van der Waals surface area (Å²) in [5, 5.41) is 5.03. The third kappa shape index (κ3) is 6.88. The highest BCUT2D eigenvalue weighted by Crippen LogP contribution is 2.22. The van der Waals surface area contributed by atoms with Gasteiger partial charge in [0.15, 0.2) is 0 Å². The zero-order chi connectivity index (χ0) is 24.0. The first-order valence-corrected chi connectivity index (χ1v) is 13.7. The van der Waals surface area contributed by atoms with Crippen molar-refractivity contribution in [2.75, 3.05) is 6.54 Å². The molecule has 180 valence electrons. The monoisotopic (exact) mass is 491 g/mol. The van der Waals surface area contributed by atoms with Crippen molar-refractivity contribution < 1.29 is 18.0 Å². The molecule has 0 unspecified atom stereocenters. The van der Waals surface area contributed by atoms with Crippen LogP contribution < -0.4 is 10.0 Å². The van der Waals surface area contributed by atoms with Crippen LogP contribution in [0.5, 0.6) is 0 Å². The van der Waals surface area contributed by atoms with Gasteiger partial charge in [0, 0.05) is 10.9 Å². The molecule has 1 aliphatic rings. The molecule has 1 atom stereocenters. The van der Waals surface area contributed by atoms with Gasteiger partial charge in [-0.1, -0.05) is 50.5 Å². The molecular formula is C24H33N3O4S2. The van der Waals surface area contributed by atoms with Crippen LogP contribution in [0.1, 0.15) is 50.0 Å². The van der Waals surface area contributed by atoms with Gasteiger partial charge in [0.25, 0.3) is 0 Å². The van der Waals surface area contributed by atoms with E-state index in [9.17, 15) is 18.0 Å². The van der Waals surface area contributed by atoms with Crippen molar-refractivity contribution in [3.63, 3.8) is 0 Å². The number of carbonyl (C=O) groups excluding carboxylic acids is 2. The van der Waals surface area contributed by atoms with Crippen molar-refractivity contribution in [1.29, 1.82) is 0 Å². The number of hydrogen-bond acceptors (Lipinski definition) is 5. The average Bonchev–Trinajstić information content (AvgIpc) is 3.46. The number of carbonyl (C=O) groups is 2. The van der Waals surface area contributed by atoms with Crippen LogP contribution in [0.15, 0.2) is 46.7 Å². The molecular weight excluding hydrogens is 458 g/mol. The second-order valence-electron chi connectivity index (χ2n) is 8.92. The smallest absolute Gasteiger partial charge is 0.243 e. The van der Waals surface area contributed by atoms with E-state index >= 15 is 0 Å². The number of rotatable bonds is 10. The lowest BCUT2D eigenvalue weighted by Gasteiger charge is -2.34. The van der Waals surface area contributed by atoms with Crippen LogP contribution in [0.2, 0.25) is 0 Å². The molecule has 1 heterocycles. The van der Waals surface area contributed by atoms with E-state index < -0.39 is 28.5 Å². The molecule has 1 fully saturated rings. The van der Waals surface area contributed by atoms with Gasteiger partial charge in [-0.3, -0.25) is 9.59 Å². The summed E-state index contributed by atoms with van der Waals surface area (Å²) in [5.74, 6) is -0.744. The lowest BCUT2D eigenvalue weighted by Crippen LogP contribution is -2.55. The van der Waals surface area contributed by atoms with E-state index in [-0.39, 0.29) is 29.3 Å². The van der Waals surface area contributed by atoms with Gasteiger partial charge in [-0.05, 0) is 49.3 Å². The first-order chi connectivity index (χ1) is 15.7. The van der Waals surface area contributed by atoms with E-state index in [0.717, 1.165) is 36.1 Å². The van der Waals surface area contributed by atoms with Crippen LogP contribution in [0.25, 0.3) is 0 Å². The summed E-state index contributed by atoms with van der Waals surface area (Å²) in [6, 6.07) is 9.69. The van der Waals surface area contributed by atoms with Gasteiger partial charge >= 0.3 is 0 Å². The van der Waals surface area contributed by atoms with Crippen LogP contribution in [-0.2, 0) is 26.2 Å². The molecule has 33 heavy (non-hydrogen) atoms. The molecule has 0 radical (unpaired) electrons. The van der Waals surface area contributed by atoms with Crippen LogP contribution in [0.3, 0.4) is 0 Å². The fourth-order valence-electron chi connectivity index (χ4n) is 4.13. The zero-order valence-corrected chi connectivity index (χ0v) is 21.0. The Morgan fingerprint density at radius 2 is 1.79 bits per heavy atom. The maximum absolute atomic E-state index is 13.3. The highest BCUT2D eigenvalue weighted by atomic mass is 32.2. The fourth-order valence-corrected chi connectivity index (χ4v) is 5.81. The Morgan fingerprint density at radius 1 is 1.12 bits per heavy atom. The Hall–Kier alpha value is -2.23. The van der Waals surface area contributed by atoms with E-state index in [2.05, 4.69) is 10.0 Å². The quantitative estimate of drug-likeness (QED) is 0.532. The van der Waals surface area contributed by atoms with Crippen molar-refractivity contribution >= 4 is 33.2 Å². The SMILES string of the molecule is Cc1ccc(S(=O)(=O)NCC(=O)N(Cc2cccs2)[C@H](C(=O)NC2CCCC2)C(C)C)cc1. The zero-order valence-electron chi connectivity index (χ0n) is 19.4. The Morgan fingerprint density at radius 3 is 2.36 bits per heavy atom. The third-order valence-corrected chi connectivity index (χ3v) is 8.19. The topological polar surface area (TPSA) is 95.6 Å². The molecule has 0 bridgehead atoms. The van der Waals surface area contributed by atoms with Gasteiger partial charge in [-0.15, -0.1) is 11.3 Å². The molecule has 0 aliphatic heterocycles. The Kier molecular flexibility index (Phi) is 8.67. The summed E-state index contributed by atoms with van der Waals surface area (Å²) in [4.78, 5) is 29.1. The summed E-state index contributed by atoms with van der Waals surface area (Å²) in [6.45, 7) is 5.53. The van der Waals surface area contributed by atoms with Gasteiger partial charge < -0.3 is 10.2 Å². The second kappa shape index (κ2) is 11.3. The van der Waals surface area contributed by atoms with Crippen LogP contribution in [0, 0.1) is 12.8 Å². The Labute approximate surface area is 200 Å². The minimum absolute atomic E-state index is 0.102. The van der Waals surface area contributed by atoms with E-state index in [1.165, 1.54) is 28.4 Å². The van der Waals surface area contributed by atoms with Crippen molar-refractivity contribution in [2.45, 2.75) is 70.0 Å². The summed E-state index contributed by atoms with van der Waals surface area (Å²) < 4.78 is 27.8. The molecule has 7 nitrogen and oxygen atoms in total. The molecule has 9 heteroatoms. The number of amides is 2. The maximum Gasteiger partial charge on any atom is 0.243 e. The van der Waals surface area contributed by atoms with Gasteiger partial charge in [0.2, 0.25) is 21.8 Å². The average molecular weight is 492 g/mol. The van der Waals surface area contributed by atoms with Crippen molar-refractivity contribution in [3.8, 4) is 0 Å². The maximum atomic E-state index is 13.3. The van der Waals surface area contributed by atoms with Crippen molar-refractivity contribution in [1.82, 2.24) is 14.9 Å². The second-order valence-corrected chi connectivity index (χ2v) is 11.7. The van der Waals surface area contributed by atoms with E-state index in [0.29, 0.717) is 0 Å². The summed E-state index contributed by atoms with van der Waals surface area (Å²) in [7, 11) is -3.85. The summed E-state index contributed by atoms with van der Waals surface area (Å²) in [6.07, 6.45) is 4.09. The van der Waals surface area contributed by atoms with Gasteiger partial charge in [0.1, 0.15) is 6.04 Å². The lowest BCUT2D eigenvalue weighted by atomic mass is 10.0.